The van der Waals surface area contributed by atoms with Gasteiger partial charge in [0, 0.05) is 23.6 Å². The number of hydrogen-bond acceptors (Lipinski definition) is 5. The van der Waals surface area contributed by atoms with Gasteiger partial charge in [-0.05, 0) is 50.3 Å². The summed E-state index contributed by atoms with van der Waals surface area (Å²) in [5, 5.41) is 22.3. The summed E-state index contributed by atoms with van der Waals surface area (Å²) < 4.78 is 49.3. The van der Waals surface area contributed by atoms with Crippen LogP contribution in [-0.4, -0.2) is 43.1 Å². The van der Waals surface area contributed by atoms with E-state index in [1.807, 2.05) is 13.0 Å². The molecule has 1 saturated carbocycles. The molecule has 3 aromatic rings. The number of halogens is 3. The van der Waals surface area contributed by atoms with E-state index in [2.05, 4.69) is 9.97 Å². The van der Waals surface area contributed by atoms with E-state index in [4.69, 9.17) is 4.74 Å². The van der Waals surface area contributed by atoms with Gasteiger partial charge in [-0.25, -0.2) is 23.1 Å². The van der Waals surface area contributed by atoms with E-state index in [0.29, 0.717) is 24.1 Å². The monoisotopic (exact) mass is 447 g/mol. The smallest absolute Gasteiger partial charge is 0.266 e. The van der Waals surface area contributed by atoms with Crippen molar-refractivity contribution in [3.8, 4) is 5.75 Å². The molecule has 4 atom stereocenters. The molecule has 2 N–H and O–H groups in total. The summed E-state index contributed by atoms with van der Waals surface area (Å²) in [6, 6.07) is 2.38. The largest absolute Gasteiger partial charge is 0.487 e. The van der Waals surface area contributed by atoms with E-state index in [0.717, 1.165) is 30.0 Å². The number of fused-ring (bicyclic) bond motifs is 2. The van der Waals surface area contributed by atoms with Crippen molar-refractivity contribution in [2.45, 2.75) is 69.8 Å². The quantitative estimate of drug-likeness (QED) is 0.636. The fraction of sp³-hybridized carbons (Fsp3) is 0.478. The van der Waals surface area contributed by atoms with Gasteiger partial charge >= 0.3 is 0 Å². The molecule has 1 aromatic carbocycles. The Hall–Kier alpha value is -2.65. The molecule has 0 saturated heterocycles. The van der Waals surface area contributed by atoms with Gasteiger partial charge in [-0.1, -0.05) is 0 Å². The molecule has 2 aromatic heterocycles. The van der Waals surface area contributed by atoms with Crippen LogP contribution in [0.4, 0.5) is 13.2 Å². The molecule has 2 heterocycles. The van der Waals surface area contributed by atoms with Gasteiger partial charge in [0.15, 0.2) is 0 Å². The van der Waals surface area contributed by atoms with Crippen molar-refractivity contribution in [1.82, 2.24) is 14.5 Å². The summed E-state index contributed by atoms with van der Waals surface area (Å²) in [7, 11) is 0. The Morgan fingerprint density at radius 3 is 2.62 bits per heavy atom. The zero-order chi connectivity index (χ0) is 22.6. The maximum atomic E-state index is 14.6. The summed E-state index contributed by atoms with van der Waals surface area (Å²) in [4.78, 5) is 8.48. The fourth-order valence-electron chi connectivity index (χ4n) is 5.04. The van der Waals surface area contributed by atoms with Crippen molar-refractivity contribution >= 4 is 11.0 Å². The minimum absolute atomic E-state index is 0.170. The summed E-state index contributed by atoms with van der Waals surface area (Å²) >= 11 is 0. The van der Waals surface area contributed by atoms with Crippen molar-refractivity contribution in [3.63, 3.8) is 0 Å². The number of hydrogen-bond donors (Lipinski definition) is 2. The molecule has 2 unspecified atom stereocenters. The van der Waals surface area contributed by atoms with E-state index in [1.165, 1.54) is 6.33 Å². The molecule has 2 aliphatic rings. The lowest BCUT2D eigenvalue weighted by Crippen LogP contribution is -2.34. The highest BCUT2D eigenvalue weighted by molar-refractivity contribution is 5.78. The molecular weight excluding hydrogens is 423 g/mol. The number of benzene rings is 1. The molecule has 0 spiro atoms. The SMILES string of the molecule is Cc1ncnc2c1ccn2C1CC(Oc2cc(C(F)F)c(F)c3c2CCCC3)[C@@H](O)[C@H]1O. The van der Waals surface area contributed by atoms with Crippen LogP contribution in [0.1, 0.15) is 54.1 Å². The van der Waals surface area contributed by atoms with Crippen LogP contribution in [0.3, 0.4) is 0 Å². The maximum absolute atomic E-state index is 14.6. The minimum atomic E-state index is -2.97. The summed E-state index contributed by atoms with van der Waals surface area (Å²) in [6.45, 7) is 1.86. The Bertz CT molecular complexity index is 1170. The van der Waals surface area contributed by atoms with E-state index in [9.17, 15) is 23.4 Å². The molecule has 5 rings (SSSR count). The third-order valence-electron chi connectivity index (χ3n) is 6.75. The Balaban J connectivity index is 1.48. The van der Waals surface area contributed by atoms with Gasteiger partial charge in [-0.15, -0.1) is 0 Å². The van der Waals surface area contributed by atoms with Crippen molar-refractivity contribution < 1.29 is 28.1 Å². The molecule has 9 heteroatoms. The second-order valence-corrected chi connectivity index (χ2v) is 8.60. The highest BCUT2D eigenvalue weighted by Crippen LogP contribution is 2.41. The summed E-state index contributed by atoms with van der Waals surface area (Å²) in [5.74, 6) is -0.690. The van der Waals surface area contributed by atoms with Crippen molar-refractivity contribution in [2.75, 3.05) is 0 Å². The fourth-order valence-corrected chi connectivity index (χ4v) is 5.04. The predicted molar refractivity (Wildman–Crippen MR) is 110 cm³/mol. The normalized spacial score (nSPS) is 25.5. The number of aryl methyl sites for hydroxylation is 1. The summed E-state index contributed by atoms with van der Waals surface area (Å²) in [5.41, 5.74) is 1.60. The Kier molecular flexibility index (Phi) is 5.33. The maximum Gasteiger partial charge on any atom is 0.266 e. The van der Waals surface area contributed by atoms with Crippen LogP contribution >= 0.6 is 0 Å². The number of alkyl halides is 2. The topological polar surface area (TPSA) is 80.4 Å². The molecule has 2 aliphatic carbocycles. The van der Waals surface area contributed by atoms with E-state index in [-0.39, 0.29) is 17.7 Å². The lowest BCUT2D eigenvalue weighted by molar-refractivity contribution is -0.0167. The zero-order valence-electron chi connectivity index (χ0n) is 17.5. The second kappa shape index (κ2) is 8.04. The van der Waals surface area contributed by atoms with Gasteiger partial charge in [0.1, 0.15) is 41.9 Å². The number of rotatable bonds is 4. The van der Waals surface area contributed by atoms with Crippen molar-refractivity contribution in [2.24, 2.45) is 0 Å². The first kappa shape index (κ1) is 21.2. The second-order valence-electron chi connectivity index (χ2n) is 8.60. The van der Waals surface area contributed by atoms with Crippen LogP contribution in [-0.2, 0) is 12.8 Å². The van der Waals surface area contributed by atoms with Crippen LogP contribution < -0.4 is 4.74 Å². The van der Waals surface area contributed by atoms with E-state index in [1.54, 1.807) is 10.8 Å². The first-order chi connectivity index (χ1) is 15.4. The number of nitrogens with zero attached hydrogens (tertiary/aromatic N) is 3. The Labute approximate surface area is 182 Å². The predicted octanol–water partition coefficient (Wildman–Crippen LogP) is 3.81. The molecule has 6 nitrogen and oxygen atoms in total. The molecule has 1 fully saturated rings. The van der Waals surface area contributed by atoms with Crippen LogP contribution in [0.2, 0.25) is 0 Å². The number of aliphatic hydroxyl groups excluding tert-OH is 2. The lowest BCUT2D eigenvalue weighted by Gasteiger charge is -2.25. The third kappa shape index (κ3) is 3.34. The highest BCUT2D eigenvalue weighted by Gasteiger charge is 2.45. The van der Waals surface area contributed by atoms with Gasteiger partial charge in [-0.3, -0.25) is 0 Å². The minimum Gasteiger partial charge on any atom is -0.487 e. The molecule has 170 valence electrons. The van der Waals surface area contributed by atoms with Crippen LogP contribution in [0.25, 0.3) is 11.0 Å². The van der Waals surface area contributed by atoms with Gasteiger partial charge in [0.05, 0.1) is 17.3 Å². The highest BCUT2D eigenvalue weighted by atomic mass is 19.3. The number of aromatic nitrogens is 3. The van der Waals surface area contributed by atoms with Gasteiger partial charge < -0.3 is 19.5 Å². The molecule has 0 amide bonds. The average Bonchev–Trinajstić information content (AvgIpc) is 3.33. The average molecular weight is 447 g/mol. The number of aliphatic hydroxyl groups is 2. The van der Waals surface area contributed by atoms with Crippen LogP contribution in [0.15, 0.2) is 24.7 Å². The molecular formula is C23H24F3N3O3. The third-order valence-corrected chi connectivity index (χ3v) is 6.75. The van der Waals surface area contributed by atoms with Gasteiger partial charge in [0.2, 0.25) is 0 Å². The van der Waals surface area contributed by atoms with Crippen molar-refractivity contribution in [1.29, 1.82) is 0 Å². The first-order valence-electron chi connectivity index (χ1n) is 10.8. The lowest BCUT2D eigenvalue weighted by atomic mass is 9.89. The molecule has 32 heavy (non-hydrogen) atoms. The van der Waals surface area contributed by atoms with Crippen LogP contribution in [0, 0.1) is 12.7 Å². The molecule has 0 bridgehead atoms. The standard InChI is InChI=1S/C23H24F3N3O3/c1-11-12-6-7-29(23(12)28-10-27-11)16-9-18(21(31)20(16)30)32-17-8-15(22(25)26)19(24)14-5-3-2-4-13(14)17/h6-8,10,16,18,20-22,30-31H,2-5,9H2,1H3/t16?,18?,20-,21+/m0/s1. The molecule has 0 aliphatic heterocycles. The van der Waals surface area contributed by atoms with Crippen LogP contribution in [0.5, 0.6) is 5.75 Å². The van der Waals surface area contributed by atoms with Gasteiger partial charge in [-0.2, -0.15) is 0 Å². The van der Waals surface area contributed by atoms with E-state index >= 15 is 0 Å². The first-order valence-corrected chi connectivity index (χ1v) is 10.8. The zero-order valence-corrected chi connectivity index (χ0v) is 17.5. The molecule has 0 radical (unpaired) electrons. The van der Waals surface area contributed by atoms with Gasteiger partial charge in [0.25, 0.3) is 6.43 Å². The van der Waals surface area contributed by atoms with E-state index < -0.39 is 42.2 Å². The summed E-state index contributed by atoms with van der Waals surface area (Å²) in [6.07, 6.45) is -0.275. The Morgan fingerprint density at radius 2 is 1.88 bits per heavy atom. The van der Waals surface area contributed by atoms with Crippen molar-refractivity contribution in [3.05, 3.63) is 52.9 Å². The Morgan fingerprint density at radius 1 is 1.12 bits per heavy atom. The number of ether oxygens (including phenoxy) is 1.